The van der Waals surface area contributed by atoms with Crippen LogP contribution in [0.1, 0.15) is 27.2 Å². The second-order valence-electron chi connectivity index (χ2n) is 6.07. The van der Waals surface area contributed by atoms with E-state index in [1.807, 2.05) is 26.0 Å². The monoisotopic (exact) mass is 335 g/mol. The summed E-state index contributed by atoms with van der Waals surface area (Å²) < 4.78 is 5.13. The number of aryl methyl sites for hydroxylation is 3. The molecular formula is C20H21N3O2. The normalized spacial score (nSPS) is 10.6. The Morgan fingerprint density at radius 3 is 2.44 bits per heavy atom. The van der Waals surface area contributed by atoms with Crippen molar-refractivity contribution in [2.75, 3.05) is 12.4 Å². The van der Waals surface area contributed by atoms with Crippen LogP contribution in [0.4, 0.5) is 5.69 Å². The molecule has 0 saturated carbocycles. The molecule has 2 aromatic carbocycles. The van der Waals surface area contributed by atoms with Gasteiger partial charge < -0.3 is 10.1 Å². The van der Waals surface area contributed by atoms with E-state index in [0.29, 0.717) is 17.0 Å². The van der Waals surface area contributed by atoms with Crippen LogP contribution in [-0.4, -0.2) is 23.2 Å². The fourth-order valence-electron chi connectivity index (χ4n) is 2.78. The zero-order chi connectivity index (χ0) is 18.0. The number of aromatic nitrogens is 2. The first-order valence-corrected chi connectivity index (χ1v) is 8.07. The molecule has 0 atom stereocenters. The molecule has 0 spiro atoms. The second kappa shape index (κ2) is 6.81. The third-order valence-electron chi connectivity index (χ3n) is 4.17. The number of aromatic amines is 1. The summed E-state index contributed by atoms with van der Waals surface area (Å²) in [4.78, 5) is 12.6. The fourth-order valence-corrected chi connectivity index (χ4v) is 2.78. The molecule has 5 heteroatoms. The SMILES string of the molecule is COc1ccc(C(=O)Nc2c(-c3ccc(C)cc3C)n[nH]c2C)cc1. The number of nitrogens with zero attached hydrogens (tertiary/aromatic N) is 1. The summed E-state index contributed by atoms with van der Waals surface area (Å²) >= 11 is 0. The number of carbonyl (C=O) groups excluding carboxylic acids is 1. The third kappa shape index (κ3) is 3.40. The number of hydrogen-bond donors (Lipinski definition) is 2. The minimum atomic E-state index is -0.182. The van der Waals surface area contributed by atoms with E-state index in [1.165, 1.54) is 5.56 Å². The molecule has 1 heterocycles. The Balaban J connectivity index is 1.92. The maximum Gasteiger partial charge on any atom is 0.255 e. The minimum absolute atomic E-state index is 0.182. The number of methoxy groups -OCH3 is 1. The summed E-state index contributed by atoms with van der Waals surface area (Å²) in [6.07, 6.45) is 0. The van der Waals surface area contributed by atoms with Crippen molar-refractivity contribution in [3.63, 3.8) is 0 Å². The van der Waals surface area contributed by atoms with Crippen molar-refractivity contribution >= 4 is 11.6 Å². The van der Waals surface area contributed by atoms with Gasteiger partial charge in [-0.2, -0.15) is 5.10 Å². The number of carbonyl (C=O) groups is 1. The van der Waals surface area contributed by atoms with E-state index in [-0.39, 0.29) is 5.91 Å². The number of ether oxygens (including phenoxy) is 1. The van der Waals surface area contributed by atoms with Crippen molar-refractivity contribution in [2.24, 2.45) is 0 Å². The molecule has 1 aromatic heterocycles. The number of rotatable bonds is 4. The smallest absolute Gasteiger partial charge is 0.255 e. The lowest BCUT2D eigenvalue weighted by Gasteiger charge is -2.10. The van der Waals surface area contributed by atoms with Gasteiger partial charge in [0, 0.05) is 11.1 Å². The van der Waals surface area contributed by atoms with Gasteiger partial charge in [-0.1, -0.05) is 23.8 Å². The Hall–Kier alpha value is -3.08. The molecule has 0 aliphatic heterocycles. The van der Waals surface area contributed by atoms with Gasteiger partial charge in [-0.15, -0.1) is 0 Å². The summed E-state index contributed by atoms with van der Waals surface area (Å²) in [5.74, 6) is 0.533. The molecule has 2 N–H and O–H groups in total. The highest BCUT2D eigenvalue weighted by atomic mass is 16.5. The first-order valence-electron chi connectivity index (χ1n) is 8.07. The molecular weight excluding hydrogens is 314 g/mol. The average Bonchev–Trinajstić information content (AvgIpc) is 2.95. The maximum absolute atomic E-state index is 12.6. The molecule has 0 aliphatic rings. The number of amides is 1. The second-order valence-corrected chi connectivity index (χ2v) is 6.07. The van der Waals surface area contributed by atoms with E-state index in [9.17, 15) is 4.79 Å². The quantitative estimate of drug-likeness (QED) is 0.748. The highest BCUT2D eigenvalue weighted by Crippen LogP contribution is 2.31. The van der Waals surface area contributed by atoms with E-state index in [1.54, 1.807) is 31.4 Å². The average molecular weight is 335 g/mol. The highest BCUT2D eigenvalue weighted by molar-refractivity contribution is 6.06. The first-order chi connectivity index (χ1) is 12.0. The van der Waals surface area contributed by atoms with Gasteiger partial charge in [0.1, 0.15) is 11.4 Å². The maximum atomic E-state index is 12.6. The molecule has 3 rings (SSSR count). The van der Waals surface area contributed by atoms with Crippen molar-refractivity contribution in [1.29, 1.82) is 0 Å². The zero-order valence-corrected chi connectivity index (χ0v) is 14.8. The van der Waals surface area contributed by atoms with E-state index in [4.69, 9.17) is 4.74 Å². The predicted octanol–water partition coefficient (Wildman–Crippen LogP) is 4.26. The summed E-state index contributed by atoms with van der Waals surface area (Å²) in [5.41, 5.74) is 6.14. The summed E-state index contributed by atoms with van der Waals surface area (Å²) in [6.45, 7) is 5.99. The van der Waals surface area contributed by atoms with Gasteiger partial charge in [-0.05, 0) is 50.6 Å². The Morgan fingerprint density at radius 1 is 1.08 bits per heavy atom. The number of benzene rings is 2. The predicted molar refractivity (Wildman–Crippen MR) is 99.2 cm³/mol. The van der Waals surface area contributed by atoms with Crippen LogP contribution in [0.5, 0.6) is 5.75 Å². The molecule has 3 aromatic rings. The van der Waals surface area contributed by atoms with Crippen LogP contribution in [0, 0.1) is 20.8 Å². The van der Waals surface area contributed by atoms with E-state index < -0.39 is 0 Å². The standard InChI is InChI=1S/C20H21N3O2/c1-12-5-10-17(13(2)11-12)19-18(14(3)22-23-19)21-20(24)15-6-8-16(25-4)9-7-15/h5-11H,1-4H3,(H,21,24)(H,22,23). The molecule has 0 bridgehead atoms. The minimum Gasteiger partial charge on any atom is -0.497 e. The molecule has 0 radical (unpaired) electrons. The summed E-state index contributed by atoms with van der Waals surface area (Å²) in [6, 6.07) is 13.2. The Kier molecular flexibility index (Phi) is 4.57. The fraction of sp³-hybridized carbons (Fsp3) is 0.200. The van der Waals surface area contributed by atoms with Crippen molar-refractivity contribution in [2.45, 2.75) is 20.8 Å². The van der Waals surface area contributed by atoms with Crippen LogP contribution in [0.2, 0.25) is 0 Å². The van der Waals surface area contributed by atoms with E-state index >= 15 is 0 Å². The van der Waals surface area contributed by atoms with Crippen LogP contribution >= 0.6 is 0 Å². The zero-order valence-electron chi connectivity index (χ0n) is 14.8. The van der Waals surface area contributed by atoms with Crippen LogP contribution in [0.15, 0.2) is 42.5 Å². The van der Waals surface area contributed by atoms with Crippen LogP contribution in [-0.2, 0) is 0 Å². The number of nitrogens with one attached hydrogen (secondary N) is 2. The van der Waals surface area contributed by atoms with Gasteiger partial charge in [-0.3, -0.25) is 9.89 Å². The van der Waals surface area contributed by atoms with Gasteiger partial charge in [0.05, 0.1) is 18.5 Å². The summed E-state index contributed by atoms with van der Waals surface area (Å²) in [5, 5.41) is 10.3. The lowest BCUT2D eigenvalue weighted by molar-refractivity contribution is 0.102. The van der Waals surface area contributed by atoms with Gasteiger partial charge in [-0.25, -0.2) is 0 Å². The van der Waals surface area contributed by atoms with Crippen molar-refractivity contribution < 1.29 is 9.53 Å². The molecule has 128 valence electrons. The lowest BCUT2D eigenvalue weighted by Crippen LogP contribution is -2.12. The molecule has 0 fully saturated rings. The topological polar surface area (TPSA) is 67.0 Å². The Morgan fingerprint density at radius 2 is 1.80 bits per heavy atom. The number of anilines is 1. The van der Waals surface area contributed by atoms with Gasteiger partial charge >= 0.3 is 0 Å². The molecule has 0 aliphatic carbocycles. The van der Waals surface area contributed by atoms with Gasteiger partial charge in [0.15, 0.2) is 0 Å². The van der Waals surface area contributed by atoms with Crippen molar-refractivity contribution in [1.82, 2.24) is 10.2 Å². The molecule has 0 saturated heterocycles. The van der Waals surface area contributed by atoms with Crippen LogP contribution in [0.25, 0.3) is 11.3 Å². The Labute approximate surface area is 147 Å². The van der Waals surface area contributed by atoms with Crippen LogP contribution in [0.3, 0.4) is 0 Å². The van der Waals surface area contributed by atoms with Gasteiger partial charge in [0.25, 0.3) is 5.91 Å². The molecule has 1 amide bonds. The van der Waals surface area contributed by atoms with Crippen LogP contribution < -0.4 is 10.1 Å². The third-order valence-corrected chi connectivity index (χ3v) is 4.17. The van der Waals surface area contributed by atoms with Crippen molar-refractivity contribution in [3.05, 3.63) is 64.8 Å². The van der Waals surface area contributed by atoms with Crippen molar-refractivity contribution in [3.8, 4) is 17.0 Å². The number of hydrogen-bond acceptors (Lipinski definition) is 3. The first kappa shape index (κ1) is 16.8. The largest absolute Gasteiger partial charge is 0.497 e. The molecule has 25 heavy (non-hydrogen) atoms. The molecule has 5 nitrogen and oxygen atoms in total. The van der Waals surface area contributed by atoms with E-state index in [0.717, 1.165) is 22.5 Å². The van der Waals surface area contributed by atoms with Gasteiger partial charge in [0.2, 0.25) is 0 Å². The number of H-pyrrole nitrogens is 1. The Bertz CT molecular complexity index is 911. The van der Waals surface area contributed by atoms with E-state index in [2.05, 4.69) is 28.5 Å². The lowest BCUT2D eigenvalue weighted by atomic mass is 10.0. The molecule has 0 unspecified atom stereocenters. The summed E-state index contributed by atoms with van der Waals surface area (Å²) in [7, 11) is 1.60. The highest BCUT2D eigenvalue weighted by Gasteiger charge is 2.17.